The first-order valence-corrected chi connectivity index (χ1v) is 26.6. The van der Waals surface area contributed by atoms with Gasteiger partial charge in [-0.3, -0.25) is 23.7 Å². The number of nitrogen functional groups attached to an aromatic ring is 1. The summed E-state index contributed by atoms with van der Waals surface area (Å²) in [4.78, 5) is 76.0. The first kappa shape index (κ1) is 51.2. The summed E-state index contributed by atoms with van der Waals surface area (Å²) >= 11 is 1.59. The van der Waals surface area contributed by atoms with Gasteiger partial charge in [0.15, 0.2) is 17.3 Å². The van der Waals surface area contributed by atoms with Crippen molar-refractivity contribution in [1.82, 2.24) is 29.4 Å². The number of ketones is 3. The number of pyridine rings is 2. The SMILES string of the molecule is Cc1ncsc1-c1ccc(CCC(=O)[C@@H]2C[C@@H](O)CN2C(=O)[C@@H](CC(=O)CCCC(=O)CCCc2cccc(-c3ccc4nc(-c5cccnc5N)n(-c5ccc(C6(N)CCC6)cc5)c4n3)c2)C(C)(C)C)cc1. The fourth-order valence-electron chi connectivity index (χ4n) is 10.4. The van der Waals surface area contributed by atoms with Crippen LogP contribution in [0.5, 0.6) is 0 Å². The minimum Gasteiger partial charge on any atom is -0.391 e. The normalized spacial score (nSPS) is 16.9. The molecule has 5 N–H and O–H groups in total. The zero-order valence-electron chi connectivity index (χ0n) is 42.4. The summed E-state index contributed by atoms with van der Waals surface area (Å²) < 4.78 is 2.03. The van der Waals surface area contributed by atoms with Crippen LogP contribution in [-0.4, -0.2) is 76.5 Å². The number of fused-ring (bicyclic) bond motifs is 1. The summed E-state index contributed by atoms with van der Waals surface area (Å²) in [7, 11) is 0. The molecule has 5 heterocycles. The Morgan fingerprint density at radius 2 is 1.58 bits per heavy atom. The smallest absolute Gasteiger partial charge is 0.227 e. The van der Waals surface area contributed by atoms with Crippen LogP contribution in [0.1, 0.15) is 114 Å². The molecule has 4 aromatic heterocycles. The van der Waals surface area contributed by atoms with E-state index in [9.17, 15) is 24.3 Å². The number of carbonyl (C=O) groups is 4. The van der Waals surface area contributed by atoms with Gasteiger partial charge in [0.2, 0.25) is 5.91 Å². The number of nitrogens with two attached hydrogens (primary N) is 2. The number of nitrogens with zero attached hydrogens (tertiary/aromatic N) is 6. The van der Waals surface area contributed by atoms with E-state index in [-0.39, 0.29) is 67.4 Å². The zero-order valence-corrected chi connectivity index (χ0v) is 43.2. The van der Waals surface area contributed by atoms with E-state index in [1.807, 2.05) is 98.4 Å². The van der Waals surface area contributed by atoms with Gasteiger partial charge >= 0.3 is 0 Å². The van der Waals surface area contributed by atoms with Crippen molar-refractivity contribution in [3.63, 3.8) is 0 Å². The third-order valence-electron chi connectivity index (χ3n) is 14.9. The van der Waals surface area contributed by atoms with Crippen molar-refractivity contribution in [2.24, 2.45) is 17.1 Å². The maximum absolute atomic E-state index is 14.2. The van der Waals surface area contributed by atoms with Crippen molar-refractivity contribution < 1.29 is 24.3 Å². The first-order valence-electron chi connectivity index (χ1n) is 25.7. The van der Waals surface area contributed by atoms with Crippen LogP contribution < -0.4 is 11.5 Å². The summed E-state index contributed by atoms with van der Waals surface area (Å²) in [5.41, 5.74) is 24.1. The molecular formula is C59H66N8O5S. The third kappa shape index (κ3) is 11.6. The van der Waals surface area contributed by atoms with Gasteiger partial charge in [0.1, 0.15) is 22.9 Å². The molecule has 13 nitrogen and oxygen atoms in total. The van der Waals surface area contributed by atoms with Gasteiger partial charge in [0.25, 0.3) is 0 Å². The van der Waals surface area contributed by atoms with Crippen molar-refractivity contribution in [2.45, 2.75) is 129 Å². The number of carbonyl (C=O) groups excluding carboxylic acids is 4. The molecule has 0 bridgehead atoms. The second-order valence-electron chi connectivity index (χ2n) is 21.2. The van der Waals surface area contributed by atoms with E-state index >= 15 is 0 Å². The topological polar surface area (TPSA) is 200 Å². The Bertz CT molecular complexity index is 3130. The molecule has 0 radical (unpaired) electrons. The molecule has 3 atom stereocenters. The molecule has 378 valence electrons. The van der Waals surface area contributed by atoms with Crippen LogP contribution in [-0.2, 0) is 37.6 Å². The second kappa shape index (κ2) is 21.8. The van der Waals surface area contributed by atoms with Crippen molar-refractivity contribution in [1.29, 1.82) is 0 Å². The largest absolute Gasteiger partial charge is 0.391 e. The molecule has 14 heteroatoms. The number of aryl methyl sites for hydroxylation is 3. The first-order chi connectivity index (χ1) is 35.0. The fraction of sp³-hybridized carbons (Fsp3) is 0.390. The predicted molar refractivity (Wildman–Crippen MR) is 288 cm³/mol. The van der Waals surface area contributed by atoms with Gasteiger partial charge in [-0.1, -0.05) is 75.4 Å². The van der Waals surface area contributed by atoms with E-state index in [2.05, 4.69) is 46.4 Å². The molecule has 1 saturated carbocycles. The molecule has 2 aliphatic rings. The Morgan fingerprint density at radius 3 is 2.27 bits per heavy atom. The number of thiazole rings is 1. The third-order valence-corrected chi connectivity index (χ3v) is 15.9. The Kier molecular flexibility index (Phi) is 15.3. The Labute approximate surface area is 431 Å². The average molecular weight is 999 g/mol. The van der Waals surface area contributed by atoms with Crippen LogP contribution in [0.3, 0.4) is 0 Å². The molecular weight excluding hydrogens is 933 g/mol. The highest BCUT2D eigenvalue weighted by Gasteiger charge is 2.44. The van der Waals surface area contributed by atoms with Gasteiger partial charge in [0, 0.05) is 74.0 Å². The van der Waals surface area contributed by atoms with E-state index in [4.69, 9.17) is 21.4 Å². The number of Topliss-reactive ketones (excluding diaryl/α,β-unsaturated/α-hetero) is 3. The van der Waals surface area contributed by atoms with Crippen LogP contribution >= 0.6 is 11.3 Å². The molecule has 9 rings (SSSR count). The highest BCUT2D eigenvalue weighted by Crippen LogP contribution is 2.40. The van der Waals surface area contributed by atoms with Gasteiger partial charge in [-0.15, -0.1) is 11.3 Å². The number of likely N-dealkylation sites (tertiary alicyclic amines) is 1. The van der Waals surface area contributed by atoms with Crippen molar-refractivity contribution >= 4 is 51.6 Å². The number of anilines is 1. The fourth-order valence-corrected chi connectivity index (χ4v) is 11.2. The van der Waals surface area contributed by atoms with E-state index in [1.165, 1.54) is 4.90 Å². The molecule has 7 aromatic rings. The zero-order chi connectivity index (χ0) is 51.4. The number of hydrogen-bond donors (Lipinski definition) is 3. The van der Waals surface area contributed by atoms with E-state index in [0.29, 0.717) is 55.0 Å². The number of aliphatic hydroxyl groups is 1. The van der Waals surface area contributed by atoms with Gasteiger partial charge in [-0.2, -0.15) is 0 Å². The van der Waals surface area contributed by atoms with Gasteiger partial charge < -0.3 is 21.5 Å². The predicted octanol–water partition coefficient (Wildman–Crippen LogP) is 10.3. The number of aromatic nitrogens is 5. The second-order valence-corrected chi connectivity index (χ2v) is 22.1. The van der Waals surface area contributed by atoms with Crippen LogP contribution in [0, 0.1) is 18.3 Å². The molecule has 0 unspecified atom stereocenters. The van der Waals surface area contributed by atoms with Crippen molar-refractivity contribution in [3.05, 3.63) is 131 Å². The summed E-state index contributed by atoms with van der Waals surface area (Å²) in [6, 6.07) is 31.6. The number of amides is 1. The number of imidazole rings is 1. The summed E-state index contributed by atoms with van der Waals surface area (Å²) in [5, 5.41) is 10.7. The summed E-state index contributed by atoms with van der Waals surface area (Å²) in [5.74, 6) is -0.0156. The highest BCUT2D eigenvalue weighted by molar-refractivity contribution is 7.13. The quantitative estimate of drug-likeness (QED) is 0.0656. The van der Waals surface area contributed by atoms with Crippen LogP contribution in [0.15, 0.2) is 109 Å². The number of aliphatic hydroxyl groups excluding tert-OH is 1. The minimum absolute atomic E-state index is 0.0127. The van der Waals surface area contributed by atoms with E-state index < -0.39 is 23.5 Å². The molecule has 73 heavy (non-hydrogen) atoms. The maximum atomic E-state index is 14.2. The number of hydrogen-bond acceptors (Lipinski definition) is 12. The number of benzene rings is 3. The molecule has 1 saturated heterocycles. The Hall–Kier alpha value is -6.74. The lowest BCUT2D eigenvalue weighted by atomic mass is 9.73. The van der Waals surface area contributed by atoms with Crippen LogP contribution in [0.2, 0.25) is 0 Å². The summed E-state index contributed by atoms with van der Waals surface area (Å²) in [6.45, 7) is 7.83. The average Bonchev–Trinajstić information content (AvgIpc) is 4.10. The molecule has 3 aromatic carbocycles. The lowest BCUT2D eigenvalue weighted by molar-refractivity contribution is -0.146. The molecule has 1 aliphatic carbocycles. The molecule has 0 spiro atoms. The Morgan fingerprint density at radius 1 is 0.822 bits per heavy atom. The number of rotatable bonds is 20. The molecule has 2 fully saturated rings. The molecule has 1 amide bonds. The number of β-amino-alcohol motifs (C(OH)–C–C–N with tert-alkyl or cyclic N) is 1. The van der Waals surface area contributed by atoms with Gasteiger partial charge in [0.05, 0.1) is 39.5 Å². The molecule has 1 aliphatic heterocycles. The standard InChI is InChI=1S/C59H66N8O5S/c1-37-53(73-36-63-37)40-20-17-38(18-21-40)19-28-52(71)51-34-46(70)35-66(51)57(72)48(58(2,3)4)33-45(69)15-7-14-44(68)13-6-11-39-10-5-12-41(32-39)49-26-27-50-56(64-49)67(55(65-50)47-16-8-31-62-54(47)60)43-24-22-42(23-25-43)59(61)29-9-30-59/h5,8,10,12,16-18,20-27,31-32,36,46,48,51,70H,6-7,9,11,13-15,19,28-30,33-35,61H2,1-4H3,(H2,60,62)/t46-,48-,51+/m1/s1. The Balaban J connectivity index is 0.776. The van der Waals surface area contributed by atoms with Crippen LogP contribution in [0.25, 0.3) is 49.9 Å². The minimum atomic E-state index is -0.811. The van der Waals surface area contributed by atoms with Crippen molar-refractivity contribution in [2.75, 3.05) is 12.3 Å². The maximum Gasteiger partial charge on any atom is 0.227 e. The highest BCUT2D eigenvalue weighted by atomic mass is 32.1. The lowest BCUT2D eigenvalue weighted by Crippen LogP contribution is -2.47. The lowest BCUT2D eigenvalue weighted by Gasteiger charge is -2.38. The monoisotopic (exact) mass is 998 g/mol. The van der Waals surface area contributed by atoms with E-state index in [0.717, 1.165) is 74.5 Å². The van der Waals surface area contributed by atoms with Crippen molar-refractivity contribution in [3.8, 4) is 38.8 Å². The van der Waals surface area contributed by atoms with Crippen LogP contribution in [0.4, 0.5) is 5.82 Å². The van der Waals surface area contributed by atoms with E-state index in [1.54, 1.807) is 17.5 Å². The van der Waals surface area contributed by atoms with Gasteiger partial charge in [-0.25, -0.2) is 19.9 Å². The summed E-state index contributed by atoms with van der Waals surface area (Å²) in [6.07, 6.45) is 7.50. The van der Waals surface area contributed by atoms with Gasteiger partial charge in [-0.05, 0) is 122 Å².